The molecule has 2 N–H and O–H groups in total. The second kappa shape index (κ2) is 11.1. The van der Waals surface area contributed by atoms with Crippen molar-refractivity contribution >= 4 is 15.5 Å². The van der Waals surface area contributed by atoms with Crippen LogP contribution in [0.2, 0.25) is 0 Å². The third kappa shape index (κ3) is 5.16. The van der Waals surface area contributed by atoms with Gasteiger partial charge in [0.1, 0.15) is 11.6 Å². The number of benzene rings is 1. The minimum absolute atomic E-state index is 0.114. The van der Waals surface area contributed by atoms with Gasteiger partial charge in [-0.1, -0.05) is 20.8 Å². The third-order valence-electron chi connectivity index (χ3n) is 5.50. The van der Waals surface area contributed by atoms with Gasteiger partial charge in [-0.15, -0.1) is 5.10 Å². The van der Waals surface area contributed by atoms with Crippen molar-refractivity contribution in [2.75, 3.05) is 32.8 Å². The number of hydrogen-bond donors (Lipinski definition) is 2. The molecule has 11 heteroatoms. The minimum Gasteiger partial charge on any atom is -0.493 e. The van der Waals surface area contributed by atoms with E-state index in [-0.39, 0.29) is 16.3 Å². The van der Waals surface area contributed by atoms with Gasteiger partial charge in [-0.3, -0.25) is 4.79 Å². The number of likely N-dealkylation sites (N-methyl/N-ethyl adjacent to an activating group) is 2. The predicted molar refractivity (Wildman–Crippen MR) is 132 cm³/mol. The molecule has 0 fully saturated rings. The number of imidazole rings is 1. The first-order valence-corrected chi connectivity index (χ1v) is 13.2. The number of aryl methyl sites for hydroxylation is 2. The van der Waals surface area contributed by atoms with Crippen LogP contribution in [-0.4, -0.2) is 65.1 Å². The smallest absolute Gasteiger partial charge is 0.277 e. The molecular formula is C23H34N6O4S. The first-order valence-electron chi connectivity index (χ1n) is 11.7. The quantitative estimate of drug-likeness (QED) is 0.374. The molecule has 0 saturated carbocycles. The highest BCUT2D eigenvalue weighted by Gasteiger charge is 2.25. The Kier molecular flexibility index (Phi) is 8.45. The van der Waals surface area contributed by atoms with Crippen LogP contribution in [0.5, 0.6) is 5.75 Å². The molecule has 0 aliphatic carbocycles. The normalized spacial score (nSPS) is 12.1. The van der Waals surface area contributed by atoms with E-state index in [1.54, 1.807) is 17.5 Å². The van der Waals surface area contributed by atoms with Crippen LogP contribution < -0.4 is 15.6 Å². The average Bonchev–Trinajstić information content (AvgIpc) is 3.12. The molecule has 3 aromatic rings. The van der Waals surface area contributed by atoms with Crippen molar-refractivity contribution < 1.29 is 13.2 Å². The fourth-order valence-corrected chi connectivity index (χ4v) is 5.33. The fraction of sp³-hybridized carbons (Fsp3) is 0.522. The maximum absolute atomic E-state index is 13.4. The Bertz CT molecular complexity index is 1300. The summed E-state index contributed by atoms with van der Waals surface area (Å²) in [6.45, 7) is 11.8. The van der Waals surface area contributed by atoms with E-state index in [9.17, 15) is 13.2 Å². The zero-order valence-corrected chi connectivity index (χ0v) is 21.3. The first-order chi connectivity index (χ1) is 16.3. The molecule has 34 heavy (non-hydrogen) atoms. The first kappa shape index (κ1) is 25.9. The molecule has 0 aliphatic rings. The van der Waals surface area contributed by atoms with E-state index in [4.69, 9.17) is 4.74 Å². The van der Waals surface area contributed by atoms with Gasteiger partial charge in [0.2, 0.25) is 10.0 Å². The minimum atomic E-state index is -3.76. The van der Waals surface area contributed by atoms with Crippen molar-refractivity contribution in [1.29, 1.82) is 0 Å². The number of sulfonamides is 1. The Labute approximate surface area is 200 Å². The molecule has 0 bridgehead atoms. The molecule has 10 nitrogen and oxygen atoms in total. The van der Waals surface area contributed by atoms with E-state index in [1.807, 2.05) is 27.7 Å². The number of nitrogens with one attached hydrogen (secondary N) is 2. The fourth-order valence-electron chi connectivity index (χ4n) is 3.86. The lowest BCUT2D eigenvalue weighted by Gasteiger charge is -2.21. The molecule has 3 rings (SSSR count). The van der Waals surface area contributed by atoms with E-state index in [0.717, 1.165) is 13.0 Å². The highest BCUT2D eigenvalue weighted by molar-refractivity contribution is 7.89. The second-order valence-corrected chi connectivity index (χ2v) is 9.81. The Morgan fingerprint density at radius 1 is 1.21 bits per heavy atom. The Hall–Kier alpha value is -2.76. The van der Waals surface area contributed by atoms with Crippen molar-refractivity contribution in [2.45, 2.75) is 52.4 Å². The van der Waals surface area contributed by atoms with Gasteiger partial charge >= 0.3 is 0 Å². The standard InChI is InChI=1S/C23H34N6O4S/c1-6-10-20-25-16(5)21-23(30)26-22(27-29(20)21)18-15-17(11-12-19(18)33-9-4)34(31,32)28(8-3)14-13-24-7-2/h11-12,15,24H,6-10,13-14H2,1-5H3,(H,26,27,30). The molecule has 0 aliphatic heterocycles. The summed E-state index contributed by atoms with van der Waals surface area (Å²) in [6, 6.07) is 4.66. The summed E-state index contributed by atoms with van der Waals surface area (Å²) in [5.74, 6) is 1.35. The van der Waals surface area contributed by atoms with Gasteiger partial charge in [0.05, 0.1) is 22.8 Å². The number of nitrogens with zero attached hydrogens (tertiary/aromatic N) is 4. The number of rotatable bonds is 12. The summed E-state index contributed by atoms with van der Waals surface area (Å²) in [5.41, 5.74) is 1.05. The van der Waals surface area contributed by atoms with Crippen LogP contribution in [0.1, 0.15) is 45.6 Å². The monoisotopic (exact) mass is 490 g/mol. The molecule has 0 radical (unpaired) electrons. The SMILES string of the molecule is CCCc1nc(C)c2c(=O)[nH]c(-c3cc(S(=O)(=O)N(CC)CCNCC)ccc3OCC)nn12. The Balaban J connectivity index is 2.16. The zero-order chi connectivity index (χ0) is 24.9. The van der Waals surface area contributed by atoms with E-state index in [1.165, 1.54) is 16.4 Å². The Morgan fingerprint density at radius 3 is 2.62 bits per heavy atom. The van der Waals surface area contributed by atoms with Crippen molar-refractivity contribution in [3.05, 3.63) is 40.1 Å². The molecule has 0 spiro atoms. The van der Waals surface area contributed by atoms with Crippen LogP contribution in [0.15, 0.2) is 27.9 Å². The largest absolute Gasteiger partial charge is 0.493 e. The molecular weight excluding hydrogens is 456 g/mol. The van der Waals surface area contributed by atoms with Crippen molar-refractivity contribution in [3.63, 3.8) is 0 Å². The van der Waals surface area contributed by atoms with Gasteiger partial charge in [-0.05, 0) is 45.0 Å². The van der Waals surface area contributed by atoms with Crippen LogP contribution in [0.25, 0.3) is 16.9 Å². The van der Waals surface area contributed by atoms with Gasteiger partial charge in [-0.25, -0.2) is 17.9 Å². The number of fused-ring (bicyclic) bond motifs is 1. The van der Waals surface area contributed by atoms with Gasteiger partial charge in [0.15, 0.2) is 11.3 Å². The molecule has 0 saturated heterocycles. The lowest BCUT2D eigenvalue weighted by atomic mass is 10.2. The molecule has 0 atom stereocenters. The lowest BCUT2D eigenvalue weighted by Crippen LogP contribution is -2.36. The number of H-pyrrole nitrogens is 1. The Morgan fingerprint density at radius 2 is 1.97 bits per heavy atom. The maximum atomic E-state index is 13.4. The van der Waals surface area contributed by atoms with Crippen molar-refractivity contribution in [1.82, 2.24) is 29.2 Å². The topological polar surface area (TPSA) is 122 Å². The molecule has 2 aromatic heterocycles. The highest BCUT2D eigenvalue weighted by atomic mass is 32.2. The number of aromatic nitrogens is 4. The lowest BCUT2D eigenvalue weighted by molar-refractivity contribution is 0.341. The predicted octanol–water partition coefficient (Wildman–Crippen LogP) is 2.36. The molecule has 186 valence electrons. The van der Waals surface area contributed by atoms with E-state index in [0.29, 0.717) is 61.0 Å². The van der Waals surface area contributed by atoms with Crippen LogP contribution >= 0.6 is 0 Å². The van der Waals surface area contributed by atoms with E-state index >= 15 is 0 Å². The van der Waals surface area contributed by atoms with Gasteiger partial charge in [0.25, 0.3) is 5.56 Å². The summed E-state index contributed by atoms with van der Waals surface area (Å²) >= 11 is 0. The van der Waals surface area contributed by atoms with Crippen LogP contribution in [0.3, 0.4) is 0 Å². The number of hydrogen-bond acceptors (Lipinski definition) is 7. The summed E-state index contributed by atoms with van der Waals surface area (Å²) in [4.78, 5) is 20.3. The molecule has 1 aromatic carbocycles. The summed E-state index contributed by atoms with van der Waals surface area (Å²) in [6.07, 6.45) is 1.51. The van der Waals surface area contributed by atoms with Crippen LogP contribution in [0.4, 0.5) is 0 Å². The summed E-state index contributed by atoms with van der Waals surface area (Å²) in [5, 5.41) is 7.79. The number of aromatic amines is 1. The average molecular weight is 491 g/mol. The van der Waals surface area contributed by atoms with Gasteiger partial charge < -0.3 is 15.0 Å². The van der Waals surface area contributed by atoms with E-state index in [2.05, 4.69) is 20.4 Å². The zero-order valence-electron chi connectivity index (χ0n) is 20.5. The summed E-state index contributed by atoms with van der Waals surface area (Å²) < 4.78 is 35.5. The molecule has 2 heterocycles. The van der Waals surface area contributed by atoms with Gasteiger partial charge in [0, 0.05) is 26.1 Å². The van der Waals surface area contributed by atoms with Crippen molar-refractivity contribution in [2.24, 2.45) is 0 Å². The third-order valence-corrected chi connectivity index (χ3v) is 7.47. The van der Waals surface area contributed by atoms with Gasteiger partial charge in [-0.2, -0.15) is 4.31 Å². The highest BCUT2D eigenvalue weighted by Crippen LogP contribution is 2.31. The summed E-state index contributed by atoms with van der Waals surface area (Å²) in [7, 11) is -3.76. The molecule has 0 unspecified atom stereocenters. The maximum Gasteiger partial charge on any atom is 0.277 e. The van der Waals surface area contributed by atoms with Crippen molar-refractivity contribution in [3.8, 4) is 17.1 Å². The molecule has 0 amide bonds. The van der Waals surface area contributed by atoms with Crippen LogP contribution in [0, 0.1) is 6.92 Å². The van der Waals surface area contributed by atoms with Crippen LogP contribution in [-0.2, 0) is 16.4 Å². The number of ether oxygens (including phenoxy) is 1. The van der Waals surface area contributed by atoms with E-state index < -0.39 is 10.0 Å². The second-order valence-electron chi connectivity index (χ2n) is 7.87.